The zero-order valence-electron chi connectivity index (χ0n) is 19.6. The van der Waals surface area contributed by atoms with Crippen LogP contribution in [0.1, 0.15) is 64.9 Å². The quantitative estimate of drug-likeness (QED) is 0.297. The van der Waals surface area contributed by atoms with Crippen LogP contribution in [0, 0.1) is 0 Å². The Morgan fingerprint density at radius 2 is 1.78 bits per heavy atom. The van der Waals surface area contributed by atoms with Gasteiger partial charge in [-0.25, -0.2) is 4.79 Å². The van der Waals surface area contributed by atoms with Crippen LogP contribution in [-0.4, -0.2) is 55.2 Å². The number of rotatable bonds is 12. The SMILES string of the molecule is CCCCCN(C)c1ccc(CN2C=CN(C(=O)N(CCCCC)S(=O)[O-])C2C)c(Cl)c1. The molecule has 32 heavy (non-hydrogen) atoms. The monoisotopic (exact) mass is 483 g/mol. The molecular formula is C23H36ClN4O3S-. The van der Waals surface area contributed by atoms with Gasteiger partial charge in [0.05, 0.1) is 11.3 Å². The van der Waals surface area contributed by atoms with Crippen LogP contribution in [0.25, 0.3) is 0 Å². The smallest absolute Gasteiger partial charge is 0.336 e. The summed E-state index contributed by atoms with van der Waals surface area (Å²) in [5, 5.41) is 0.678. The second kappa shape index (κ2) is 13.1. The van der Waals surface area contributed by atoms with Crippen LogP contribution in [0.5, 0.6) is 0 Å². The van der Waals surface area contributed by atoms with Crippen molar-refractivity contribution < 1.29 is 13.6 Å². The van der Waals surface area contributed by atoms with Crippen LogP contribution in [0.15, 0.2) is 30.6 Å². The lowest BCUT2D eigenvalue weighted by Crippen LogP contribution is -2.47. The highest BCUT2D eigenvalue weighted by Gasteiger charge is 2.31. The molecule has 2 unspecified atom stereocenters. The third-order valence-electron chi connectivity index (χ3n) is 5.81. The summed E-state index contributed by atoms with van der Waals surface area (Å²) in [6, 6.07) is 5.53. The van der Waals surface area contributed by atoms with Gasteiger partial charge in [-0.05, 0) is 37.5 Å². The Balaban J connectivity index is 2.01. The van der Waals surface area contributed by atoms with E-state index < -0.39 is 17.3 Å². The molecule has 1 heterocycles. The molecule has 0 saturated carbocycles. The van der Waals surface area contributed by atoms with Gasteiger partial charge in [0.1, 0.15) is 6.17 Å². The lowest BCUT2D eigenvalue weighted by Gasteiger charge is -2.33. The van der Waals surface area contributed by atoms with E-state index in [2.05, 4.69) is 24.9 Å². The van der Waals surface area contributed by atoms with Crippen LogP contribution in [0.2, 0.25) is 5.02 Å². The maximum atomic E-state index is 12.8. The summed E-state index contributed by atoms with van der Waals surface area (Å²) in [5.41, 5.74) is 2.03. The first-order valence-electron chi connectivity index (χ1n) is 11.4. The number of amides is 2. The van der Waals surface area contributed by atoms with E-state index in [9.17, 15) is 13.6 Å². The normalized spacial score (nSPS) is 16.5. The Morgan fingerprint density at radius 1 is 1.12 bits per heavy atom. The summed E-state index contributed by atoms with van der Waals surface area (Å²) < 4.78 is 24.1. The molecule has 7 nitrogen and oxygen atoms in total. The van der Waals surface area contributed by atoms with Crippen molar-refractivity contribution in [2.24, 2.45) is 0 Å². The zero-order valence-corrected chi connectivity index (χ0v) is 21.2. The van der Waals surface area contributed by atoms with Crippen LogP contribution >= 0.6 is 11.6 Å². The van der Waals surface area contributed by atoms with Crippen molar-refractivity contribution in [1.29, 1.82) is 0 Å². The average Bonchev–Trinajstić information content (AvgIpc) is 3.12. The number of nitrogens with zero attached hydrogens (tertiary/aromatic N) is 4. The predicted octanol–water partition coefficient (Wildman–Crippen LogP) is 5.31. The third-order valence-corrected chi connectivity index (χ3v) is 6.86. The molecule has 2 amide bonds. The molecule has 0 fully saturated rings. The van der Waals surface area contributed by atoms with Crippen LogP contribution in [0.4, 0.5) is 10.5 Å². The molecular weight excluding hydrogens is 448 g/mol. The van der Waals surface area contributed by atoms with Crippen LogP contribution in [0.3, 0.4) is 0 Å². The zero-order chi connectivity index (χ0) is 23.7. The number of benzene rings is 1. The summed E-state index contributed by atoms with van der Waals surface area (Å²) in [4.78, 5) is 18.5. The number of unbranched alkanes of at least 4 members (excludes halogenated alkanes) is 4. The van der Waals surface area contributed by atoms with Crippen molar-refractivity contribution in [3.05, 3.63) is 41.2 Å². The molecule has 0 spiro atoms. The Labute approximate surface area is 200 Å². The molecule has 0 bridgehead atoms. The van der Waals surface area contributed by atoms with Gasteiger partial charge in [-0.3, -0.25) is 13.4 Å². The lowest BCUT2D eigenvalue weighted by molar-refractivity contribution is 0.145. The summed E-state index contributed by atoms with van der Waals surface area (Å²) in [6.07, 6.45) is 9.16. The summed E-state index contributed by atoms with van der Waals surface area (Å²) in [6.45, 7) is 7.81. The van der Waals surface area contributed by atoms with Crippen molar-refractivity contribution >= 4 is 34.6 Å². The Hall–Kier alpha value is -1.77. The largest absolute Gasteiger partial charge is 0.755 e. The van der Waals surface area contributed by atoms with E-state index in [1.807, 2.05) is 37.1 Å². The minimum absolute atomic E-state index is 0.193. The van der Waals surface area contributed by atoms with Crippen LogP contribution < -0.4 is 4.90 Å². The van der Waals surface area contributed by atoms with E-state index in [0.717, 1.165) is 41.4 Å². The van der Waals surface area contributed by atoms with Gasteiger partial charge in [-0.15, -0.1) is 0 Å². The maximum absolute atomic E-state index is 12.8. The molecule has 2 atom stereocenters. The lowest BCUT2D eigenvalue weighted by atomic mass is 10.1. The van der Waals surface area contributed by atoms with Gasteiger partial charge in [0.15, 0.2) is 0 Å². The number of hydrogen-bond donors (Lipinski definition) is 0. The van der Waals surface area contributed by atoms with Crippen molar-refractivity contribution in [1.82, 2.24) is 14.1 Å². The van der Waals surface area contributed by atoms with E-state index in [1.165, 1.54) is 17.7 Å². The molecule has 1 aliphatic heterocycles. The number of carbonyl (C=O) groups excluding carboxylic acids is 1. The van der Waals surface area contributed by atoms with E-state index in [1.54, 1.807) is 6.20 Å². The maximum Gasteiger partial charge on any atom is 0.336 e. The second-order valence-electron chi connectivity index (χ2n) is 8.22. The third kappa shape index (κ3) is 7.12. The fraction of sp³-hybridized carbons (Fsp3) is 0.609. The first kappa shape index (κ1) is 26.5. The number of carbonyl (C=O) groups is 1. The standard InChI is InChI=1S/C23H37ClN4O3S/c1-5-7-9-13-25(4)21-12-11-20(22(24)17-21)18-26-15-16-27(19(26)3)23(29)28(32(30)31)14-10-8-6-2/h11-12,15-17,19H,5-10,13-14,18H2,1-4H3,(H,30,31)/p-1. The molecule has 1 aromatic rings. The Bertz CT molecular complexity index is 807. The number of halogens is 1. The molecule has 0 aromatic heterocycles. The van der Waals surface area contributed by atoms with Crippen molar-refractivity contribution in [2.45, 2.75) is 72.0 Å². The van der Waals surface area contributed by atoms with Crippen LogP contribution in [-0.2, 0) is 17.8 Å². The molecule has 0 saturated heterocycles. The van der Waals surface area contributed by atoms with Crippen molar-refractivity contribution in [3.63, 3.8) is 0 Å². The van der Waals surface area contributed by atoms with Gasteiger partial charge < -0.3 is 14.4 Å². The van der Waals surface area contributed by atoms with Gasteiger partial charge >= 0.3 is 6.03 Å². The topological polar surface area (TPSA) is 70.2 Å². The fourth-order valence-electron chi connectivity index (χ4n) is 3.67. The molecule has 0 N–H and O–H groups in total. The van der Waals surface area contributed by atoms with Gasteiger partial charge in [-0.2, -0.15) is 0 Å². The van der Waals surface area contributed by atoms with Crippen molar-refractivity contribution in [2.75, 3.05) is 25.0 Å². The Kier molecular flexibility index (Phi) is 10.8. The van der Waals surface area contributed by atoms with Gasteiger partial charge in [0, 0.05) is 49.8 Å². The van der Waals surface area contributed by atoms with E-state index in [4.69, 9.17) is 11.6 Å². The highest BCUT2D eigenvalue weighted by atomic mass is 35.5. The summed E-state index contributed by atoms with van der Waals surface area (Å²) in [5.74, 6) is 0. The van der Waals surface area contributed by atoms with Gasteiger partial charge in [-0.1, -0.05) is 57.2 Å². The van der Waals surface area contributed by atoms with Crippen molar-refractivity contribution in [3.8, 4) is 0 Å². The molecule has 1 aromatic carbocycles. The molecule has 9 heteroatoms. The first-order valence-corrected chi connectivity index (χ1v) is 12.8. The van der Waals surface area contributed by atoms with E-state index in [-0.39, 0.29) is 12.7 Å². The Morgan fingerprint density at radius 3 is 2.38 bits per heavy atom. The molecule has 0 radical (unpaired) electrons. The predicted molar refractivity (Wildman–Crippen MR) is 131 cm³/mol. The average molecular weight is 484 g/mol. The fourth-order valence-corrected chi connectivity index (χ4v) is 4.40. The van der Waals surface area contributed by atoms with E-state index in [0.29, 0.717) is 18.0 Å². The first-order chi connectivity index (χ1) is 15.3. The molecule has 180 valence electrons. The summed E-state index contributed by atoms with van der Waals surface area (Å²) in [7, 11) is 2.07. The minimum Gasteiger partial charge on any atom is -0.755 e. The molecule has 2 rings (SSSR count). The molecule has 0 aliphatic carbocycles. The molecule has 1 aliphatic rings. The highest BCUT2D eigenvalue weighted by Crippen LogP contribution is 2.27. The number of hydrogen-bond acceptors (Lipinski definition) is 5. The highest BCUT2D eigenvalue weighted by molar-refractivity contribution is 7.77. The number of anilines is 1. The number of urea groups is 1. The summed E-state index contributed by atoms with van der Waals surface area (Å²) >= 11 is 3.98. The van der Waals surface area contributed by atoms with Gasteiger partial charge in [0.25, 0.3) is 0 Å². The minimum atomic E-state index is -2.60. The van der Waals surface area contributed by atoms with Gasteiger partial charge in [0.2, 0.25) is 0 Å². The van der Waals surface area contributed by atoms with E-state index >= 15 is 0 Å². The second-order valence-corrected chi connectivity index (χ2v) is 9.51.